The highest BCUT2D eigenvalue weighted by Crippen LogP contribution is 2.31. The van der Waals surface area contributed by atoms with Crippen molar-refractivity contribution in [1.82, 2.24) is 9.80 Å². The van der Waals surface area contributed by atoms with Crippen molar-refractivity contribution in [2.45, 2.75) is 19.8 Å². The first kappa shape index (κ1) is 21.8. The van der Waals surface area contributed by atoms with E-state index in [0.29, 0.717) is 28.7 Å². The summed E-state index contributed by atoms with van der Waals surface area (Å²) >= 11 is 9.58. The Morgan fingerprint density at radius 1 is 1.16 bits per heavy atom. The molecule has 1 heterocycles. The average molecular weight is 505 g/mol. The predicted octanol–water partition coefficient (Wildman–Crippen LogP) is 4.10. The molecule has 0 unspecified atom stereocenters. The van der Waals surface area contributed by atoms with Gasteiger partial charge in [-0.3, -0.25) is 19.3 Å². The zero-order valence-electron chi connectivity index (χ0n) is 17.2. The number of amides is 3. The number of benzene rings is 2. The first-order chi connectivity index (χ1) is 14.8. The molecule has 1 aliphatic carbocycles. The molecule has 162 valence electrons. The normalized spacial score (nSPS) is 16.0. The molecule has 31 heavy (non-hydrogen) atoms. The molecular weight excluding hydrogens is 482 g/mol. The van der Waals surface area contributed by atoms with Gasteiger partial charge in [0.1, 0.15) is 19.8 Å². The van der Waals surface area contributed by atoms with Gasteiger partial charge in [-0.15, -0.1) is 0 Å². The zero-order chi connectivity index (χ0) is 22.1. The molecule has 3 amide bonds. The van der Waals surface area contributed by atoms with Gasteiger partial charge < -0.3 is 9.80 Å². The number of halogens is 2. The summed E-state index contributed by atoms with van der Waals surface area (Å²) in [6.07, 6.45) is 2.14. The summed E-state index contributed by atoms with van der Waals surface area (Å²) in [5.74, 6) is -0.118. The standard InChI is InChI=1S/C23H23BrClN3O3/c1-15-19(25)3-2-4-20(15)28-14-27(13-22(28)30)21(29)12-26(11-16-5-6-16)23(31)17-7-9-18(24)10-8-17/h2-4,7-10,16H,5-6,11-14H2,1H3. The number of rotatable bonds is 6. The highest BCUT2D eigenvalue weighted by Gasteiger charge is 2.35. The summed E-state index contributed by atoms with van der Waals surface area (Å²) in [6.45, 7) is 2.52. The summed E-state index contributed by atoms with van der Waals surface area (Å²) in [4.78, 5) is 43.4. The Hall–Kier alpha value is -2.38. The minimum atomic E-state index is -0.235. The molecule has 0 bridgehead atoms. The van der Waals surface area contributed by atoms with Crippen LogP contribution in [-0.2, 0) is 9.59 Å². The molecule has 2 aliphatic rings. The Morgan fingerprint density at radius 2 is 1.87 bits per heavy atom. The highest BCUT2D eigenvalue weighted by atomic mass is 79.9. The van der Waals surface area contributed by atoms with Crippen molar-refractivity contribution >= 4 is 50.9 Å². The van der Waals surface area contributed by atoms with E-state index < -0.39 is 0 Å². The van der Waals surface area contributed by atoms with Gasteiger partial charge in [0.05, 0.1) is 0 Å². The average Bonchev–Trinajstić information content (AvgIpc) is 3.48. The van der Waals surface area contributed by atoms with Gasteiger partial charge in [-0.25, -0.2) is 0 Å². The third-order valence-corrected chi connectivity index (χ3v) is 6.64. The van der Waals surface area contributed by atoms with E-state index in [1.54, 1.807) is 34.1 Å². The molecule has 2 fully saturated rings. The maximum Gasteiger partial charge on any atom is 0.254 e. The van der Waals surface area contributed by atoms with Crippen LogP contribution in [-0.4, -0.2) is 53.8 Å². The van der Waals surface area contributed by atoms with Crippen LogP contribution in [0, 0.1) is 12.8 Å². The van der Waals surface area contributed by atoms with Crippen molar-refractivity contribution in [3.8, 4) is 0 Å². The monoisotopic (exact) mass is 503 g/mol. The molecule has 0 atom stereocenters. The molecule has 2 aromatic carbocycles. The number of nitrogens with zero attached hydrogens (tertiary/aromatic N) is 3. The number of hydrogen-bond donors (Lipinski definition) is 0. The lowest BCUT2D eigenvalue weighted by Crippen LogP contribution is -2.43. The molecule has 0 N–H and O–H groups in total. The maximum atomic E-state index is 13.0. The first-order valence-corrected chi connectivity index (χ1v) is 11.4. The van der Waals surface area contributed by atoms with E-state index in [0.717, 1.165) is 22.9 Å². The summed E-state index contributed by atoms with van der Waals surface area (Å²) in [5.41, 5.74) is 2.05. The third kappa shape index (κ3) is 4.93. The minimum Gasteiger partial charge on any atom is -0.329 e. The molecule has 4 rings (SSSR count). The lowest BCUT2D eigenvalue weighted by molar-refractivity contribution is -0.132. The van der Waals surface area contributed by atoms with Crippen LogP contribution in [0.25, 0.3) is 0 Å². The Labute approximate surface area is 194 Å². The highest BCUT2D eigenvalue weighted by molar-refractivity contribution is 9.10. The van der Waals surface area contributed by atoms with Gasteiger partial charge >= 0.3 is 0 Å². The van der Waals surface area contributed by atoms with Gasteiger partial charge in [0.15, 0.2) is 0 Å². The van der Waals surface area contributed by atoms with Crippen LogP contribution < -0.4 is 4.90 Å². The van der Waals surface area contributed by atoms with Crippen LogP contribution in [0.3, 0.4) is 0 Å². The summed E-state index contributed by atoms with van der Waals surface area (Å²) < 4.78 is 0.890. The lowest BCUT2D eigenvalue weighted by Gasteiger charge is -2.25. The third-order valence-electron chi connectivity index (χ3n) is 5.70. The van der Waals surface area contributed by atoms with E-state index in [9.17, 15) is 14.4 Å². The SMILES string of the molecule is Cc1c(Cl)cccc1N1CN(C(=O)CN(CC2CC2)C(=O)c2ccc(Br)cc2)CC1=O. The van der Waals surface area contributed by atoms with Gasteiger partial charge in [0.2, 0.25) is 11.8 Å². The quantitative estimate of drug-likeness (QED) is 0.595. The van der Waals surface area contributed by atoms with Crippen molar-refractivity contribution in [2.75, 3.05) is 31.2 Å². The maximum absolute atomic E-state index is 13.0. The molecular formula is C23H23BrClN3O3. The van der Waals surface area contributed by atoms with Gasteiger partial charge in [-0.05, 0) is 67.6 Å². The van der Waals surface area contributed by atoms with Crippen LogP contribution in [0.1, 0.15) is 28.8 Å². The summed E-state index contributed by atoms with van der Waals surface area (Å²) in [5, 5.41) is 0.575. The van der Waals surface area contributed by atoms with E-state index in [2.05, 4.69) is 15.9 Å². The molecule has 8 heteroatoms. The predicted molar refractivity (Wildman–Crippen MR) is 123 cm³/mol. The first-order valence-electron chi connectivity index (χ1n) is 10.2. The number of anilines is 1. The molecule has 1 saturated carbocycles. The fourth-order valence-electron chi connectivity index (χ4n) is 3.68. The smallest absolute Gasteiger partial charge is 0.254 e. The molecule has 0 spiro atoms. The molecule has 6 nitrogen and oxygen atoms in total. The van der Waals surface area contributed by atoms with Gasteiger partial charge in [0, 0.05) is 27.3 Å². The Kier molecular flexibility index (Phi) is 6.34. The van der Waals surface area contributed by atoms with E-state index in [1.165, 1.54) is 4.90 Å². The van der Waals surface area contributed by atoms with Crippen molar-refractivity contribution in [3.05, 3.63) is 63.1 Å². The van der Waals surface area contributed by atoms with Crippen LogP contribution in [0.2, 0.25) is 5.02 Å². The topological polar surface area (TPSA) is 60.9 Å². The van der Waals surface area contributed by atoms with Gasteiger partial charge in [-0.1, -0.05) is 33.6 Å². The summed E-state index contributed by atoms with van der Waals surface area (Å²) in [6, 6.07) is 12.5. The second-order valence-electron chi connectivity index (χ2n) is 8.07. The molecule has 0 radical (unpaired) electrons. The van der Waals surface area contributed by atoms with E-state index >= 15 is 0 Å². The minimum absolute atomic E-state index is 0.00543. The van der Waals surface area contributed by atoms with Crippen molar-refractivity contribution < 1.29 is 14.4 Å². The fourth-order valence-corrected chi connectivity index (χ4v) is 4.12. The summed E-state index contributed by atoms with van der Waals surface area (Å²) in [7, 11) is 0. The van der Waals surface area contributed by atoms with Gasteiger partial charge in [-0.2, -0.15) is 0 Å². The molecule has 2 aromatic rings. The molecule has 1 saturated heterocycles. The van der Waals surface area contributed by atoms with Crippen LogP contribution in [0.5, 0.6) is 0 Å². The van der Waals surface area contributed by atoms with E-state index in [1.807, 2.05) is 25.1 Å². The second-order valence-corrected chi connectivity index (χ2v) is 9.40. The number of carbonyl (C=O) groups excluding carboxylic acids is 3. The second kappa shape index (κ2) is 9.01. The Bertz CT molecular complexity index is 1020. The molecule has 0 aromatic heterocycles. The van der Waals surface area contributed by atoms with E-state index in [-0.39, 0.29) is 37.5 Å². The van der Waals surface area contributed by atoms with E-state index in [4.69, 9.17) is 11.6 Å². The number of carbonyl (C=O) groups is 3. The van der Waals surface area contributed by atoms with Gasteiger partial charge in [0.25, 0.3) is 5.91 Å². The van der Waals surface area contributed by atoms with Crippen molar-refractivity contribution in [3.63, 3.8) is 0 Å². The zero-order valence-corrected chi connectivity index (χ0v) is 19.5. The Morgan fingerprint density at radius 3 is 2.55 bits per heavy atom. The van der Waals surface area contributed by atoms with Crippen LogP contribution >= 0.6 is 27.5 Å². The Balaban J connectivity index is 1.47. The van der Waals surface area contributed by atoms with Crippen molar-refractivity contribution in [2.24, 2.45) is 5.92 Å². The number of hydrogen-bond acceptors (Lipinski definition) is 3. The van der Waals surface area contributed by atoms with Crippen LogP contribution in [0.4, 0.5) is 5.69 Å². The largest absolute Gasteiger partial charge is 0.329 e. The van der Waals surface area contributed by atoms with Crippen LogP contribution in [0.15, 0.2) is 46.9 Å². The lowest BCUT2D eigenvalue weighted by atomic mass is 10.2. The molecule has 1 aliphatic heterocycles. The van der Waals surface area contributed by atoms with Crippen molar-refractivity contribution in [1.29, 1.82) is 0 Å². The fraction of sp³-hybridized carbons (Fsp3) is 0.348.